The molecule has 3 aromatic carbocycles. The van der Waals surface area contributed by atoms with Gasteiger partial charge in [0.25, 0.3) is 0 Å². The third-order valence-corrected chi connectivity index (χ3v) is 9.16. The van der Waals surface area contributed by atoms with E-state index in [0.717, 1.165) is 0 Å². The van der Waals surface area contributed by atoms with Gasteiger partial charge in [-0.05, 0) is 72.8 Å². The van der Waals surface area contributed by atoms with Gasteiger partial charge >= 0.3 is 31.3 Å². The van der Waals surface area contributed by atoms with Crippen LogP contribution >= 0.6 is 31.3 Å². The lowest BCUT2D eigenvalue weighted by Gasteiger charge is -2.19. The Hall–Kier alpha value is -3.10. The zero-order chi connectivity index (χ0) is 40.9. The molecule has 0 radical (unpaired) electrons. The van der Waals surface area contributed by atoms with E-state index in [0.29, 0.717) is 34.5 Å². The van der Waals surface area contributed by atoms with Crippen molar-refractivity contribution in [2.24, 2.45) is 0 Å². The fourth-order valence-corrected chi connectivity index (χ4v) is 5.94. The zero-order valence-electron chi connectivity index (χ0n) is 29.4. The molecule has 0 bridgehead atoms. The van der Waals surface area contributed by atoms with Crippen molar-refractivity contribution in [1.82, 2.24) is 0 Å². The van der Waals surface area contributed by atoms with E-state index in [9.17, 15) is 18.3 Å². The summed E-state index contributed by atoms with van der Waals surface area (Å²) in [5.74, 6) is 2.39. The largest absolute Gasteiger partial charge is 0.491 e. The molecule has 26 heteroatoms. The van der Waals surface area contributed by atoms with Gasteiger partial charge in [0.2, 0.25) is 0 Å². The van der Waals surface area contributed by atoms with Crippen LogP contribution in [-0.2, 0) is 45.4 Å². The zero-order valence-corrected chi connectivity index (χ0v) is 33.0. The molecule has 0 heterocycles. The van der Waals surface area contributed by atoms with Gasteiger partial charge in [-0.1, -0.05) is 0 Å². The molecular weight excluding hydrogens is 836 g/mol. The molecule has 0 aromatic heterocycles. The third kappa shape index (κ3) is 22.6. The number of benzene rings is 3. The molecule has 0 atom stereocenters. The number of ether oxygens (including phenoxy) is 6. The van der Waals surface area contributed by atoms with E-state index in [4.69, 9.17) is 71.4 Å². The molecule has 0 aliphatic heterocycles. The highest BCUT2D eigenvalue weighted by Gasteiger charge is 2.27. The number of phosphoric acid groups is 4. The Morgan fingerprint density at radius 2 is 0.446 bits per heavy atom. The summed E-state index contributed by atoms with van der Waals surface area (Å²) in [5, 5.41) is 0. The highest BCUT2D eigenvalue weighted by Crippen LogP contribution is 2.49. The minimum Gasteiger partial charge on any atom is -0.491 e. The molecule has 0 saturated heterocycles. The van der Waals surface area contributed by atoms with Crippen molar-refractivity contribution in [2.75, 3.05) is 79.3 Å². The molecule has 3 rings (SSSR count). The van der Waals surface area contributed by atoms with Crippen LogP contribution in [-0.4, -0.2) is 109 Å². The van der Waals surface area contributed by atoms with Gasteiger partial charge in [-0.2, -0.15) is 0 Å². The van der Waals surface area contributed by atoms with Crippen molar-refractivity contribution in [1.29, 1.82) is 0 Å². The van der Waals surface area contributed by atoms with Gasteiger partial charge < -0.3 is 57.8 Å². The highest BCUT2D eigenvalue weighted by molar-refractivity contribution is 7.48. The van der Waals surface area contributed by atoms with Crippen LogP contribution in [0.3, 0.4) is 0 Å². The first-order valence-electron chi connectivity index (χ1n) is 16.2. The first kappa shape index (κ1) is 47.3. The maximum Gasteiger partial charge on any atom is 0.475 e. The molecule has 3 aromatic rings. The van der Waals surface area contributed by atoms with Crippen LogP contribution in [0.4, 0.5) is 0 Å². The topological polar surface area (TPSA) is 300 Å². The molecule has 0 unspecified atom stereocenters. The second-order valence-electron chi connectivity index (χ2n) is 10.4. The SMILES string of the molecule is O=P(O)(O)OCCOc1ccc(OCCOP(=O)(OCCOc2ccc(OCCOP(=O)(O)O)cc2)OCCOc2ccc(OCCOP(=O)(O)O)cc2)cc1. The standard InChI is InChI=1S/C30H42O22P4/c31-53(32,33)47-19-13-41-25-1-7-28(8-2-25)44-16-22-50-56(40,51-23-17-45-29-9-3-26(4-10-29)42-14-20-48-54(34,35)36)52-24-18-46-30-11-5-27(6-12-30)43-15-21-49-55(37,38)39/h1-12H,13-24H2,(H2,31,32,33)(H2,34,35,36)(H2,37,38,39). The molecule has 0 fully saturated rings. The van der Waals surface area contributed by atoms with E-state index < -0.39 is 31.3 Å². The van der Waals surface area contributed by atoms with Crippen LogP contribution < -0.4 is 28.4 Å². The molecule has 0 saturated carbocycles. The molecular formula is C30H42O22P4. The Kier molecular flexibility index (Phi) is 20.2. The van der Waals surface area contributed by atoms with Crippen LogP contribution in [0.1, 0.15) is 0 Å². The molecule has 0 aliphatic rings. The minimum atomic E-state index is -4.59. The van der Waals surface area contributed by atoms with Crippen molar-refractivity contribution < 1.29 is 103 Å². The van der Waals surface area contributed by atoms with Crippen LogP contribution in [0.25, 0.3) is 0 Å². The minimum absolute atomic E-state index is 0.0697. The predicted molar refractivity (Wildman–Crippen MR) is 192 cm³/mol. The molecule has 0 spiro atoms. The van der Waals surface area contributed by atoms with Crippen molar-refractivity contribution in [3.05, 3.63) is 72.8 Å². The van der Waals surface area contributed by atoms with Crippen molar-refractivity contribution in [2.45, 2.75) is 0 Å². The van der Waals surface area contributed by atoms with E-state index in [-0.39, 0.29) is 79.3 Å². The van der Waals surface area contributed by atoms with Crippen molar-refractivity contribution in [3.63, 3.8) is 0 Å². The van der Waals surface area contributed by atoms with Crippen LogP contribution in [0.5, 0.6) is 34.5 Å². The van der Waals surface area contributed by atoms with E-state index in [1.165, 1.54) is 0 Å². The molecule has 22 nitrogen and oxygen atoms in total. The summed E-state index contributed by atoms with van der Waals surface area (Å²) in [5.41, 5.74) is 0. The van der Waals surface area contributed by atoms with Gasteiger partial charge in [-0.25, -0.2) is 18.3 Å². The second kappa shape index (κ2) is 24.0. The van der Waals surface area contributed by atoms with Gasteiger partial charge in [0.15, 0.2) is 0 Å². The molecule has 314 valence electrons. The maximum absolute atomic E-state index is 13.5. The average Bonchev–Trinajstić information content (AvgIpc) is 3.13. The summed E-state index contributed by atoms with van der Waals surface area (Å²) in [6, 6.07) is 18.8. The summed E-state index contributed by atoms with van der Waals surface area (Å²) in [4.78, 5) is 52.3. The highest BCUT2D eigenvalue weighted by atomic mass is 31.2. The smallest absolute Gasteiger partial charge is 0.475 e. The Labute approximate surface area is 320 Å². The molecule has 0 aliphatic carbocycles. The molecule has 56 heavy (non-hydrogen) atoms. The Bertz CT molecular complexity index is 1540. The second-order valence-corrected chi connectivity index (χ2v) is 15.8. The van der Waals surface area contributed by atoms with Crippen molar-refractivity contribution >= 4 is 31.3 Å². The number of rotatable bonds is 30. The summed E-state index contributed by atoms with van der Waals surface area (Å²) in [7, 11) is -18.0. The Balaban J connectivity index is 1.45. The fourth-order valence-electron chi connectivity index (χ4n) is 3.88. The van der Waals surface area contributed by atoms with Gasteiger partial charge in [0.1, 0.15) is 74.1 Å². The average molecular weight is 879 g/mol. The Morgan fingerprint density at radius 1 is 0.286 bits per heavy atom. The maximum atomic E-state index is 13.5. The predicted octanol–water partition coefficient (Wildman–Crippen LogP) is 3.85. The van der Waals surface area contributed by atoms with E-state index >= 15 is 0 Å². The summed E-state index contributed by atoms with van der Waals surface area (Å²) in [6.07, 6.45) is 0. The van der Waals surface area contributed by atoms with Gasteiger partial charge in [0, 0.05) is 0 Å². The third-order valence-electron chi connectivity index (χ3n) is 6.11. The molecule has 0 amide bonds. The summed E-state index contributed by atoms with van der Waals surface area (Å²) < 4.78 is 108. The van der Waals surface area contributed by atoms with Crippen LogP contribution in [0.15, 0.2) is 72.8 Å². The lowest BCUT2D eigenvalue weighted by Crippen LogP contribution is -2.13. The lowest BCUT2D eigenvalue weighted by molar-refractivity contribution is 0.0806. The van der Waals surface area contributed by atoms with Crippen molar-refractivity contribution in [3.8, 4) is 34.5 Å². The lowest BCUT2D eigenvalue weighted by atomic mass is 10.3. The number of phosphoric ester groups is 4. The monoisotopic (exact) mass is 878 g/mol. The quantitative estimate of drug-likeness (QED) is 0.0409. The summed E-state index contributed by atoms with van der Waals surface area (Å²) >= 11 is 0. The summed E-state index contributed by atoms with van der Waals surface area (Å²) in [6.45, 7) is -2.14. The van der Waals surface area contributed by atoms with Gasteiger partial charge in [-0.3, -0.25) is 27.1 Å². The van der Waals surface area contributed by atoms with Gasteiger partial charge in [0.05, 0.1) is 39.6 Å². The first-order valence-corrected chi connectivity index (χ1v) is 22.2. The number of hydrogen-bond acceptors (Lipinski definition) is 16. The van der Waals surface area contributed by atoms with E-state index in [2.05, 4.69) is 13.6 Å². The van der Waals surface area contributed by atoms with Crippen LogP contribution in [0, 0.1) is 0 Å². The van der Waals surface area contributed by atoms with E-state index in [1.807, 2.05) is 0 Å². The molecule has 6 N–H and O–H groups in total. The number of hydrogen-bond donors (Lipinski definition) is 6. The van der Waals surface area contributed by atoms with Crippen LogP contribution in [0.2, 0.25) is 0 Å². The fraction of sp³-hybridized carbons (Fsp3) is 0.400. The van der Waals surface area contributed by atoms with E-state index in [1.54, 1.807) is 72.8 Å². The Morgan fingerprint density at radius 3 is 0.607 bits per heavy atom. The first-order chi connectivity index (χ1) is 26.5. The van der Waals surface area contributed by atoms with Gasteiger partial charge in [-0.15, -0.1) is 0 Å². The normalized spacial score (nSPS) is 12.2.